The molecule has 0 aliphatic rings. The van der Waals surface area contributed by atoms with Gasteiger partial charge >= 0.3 is 11.7 Å². The average molecular weight is 278 g/mol. The number of nitriles is 1. The van der Waals surface area contributed by atoms with E-state index in [0.717, 1.165) is 6.07 Å². The number of anilines is 1. The number of carboxylic acids is 1. The van der Waals surface area contributed by atoms with Crippen molar-refractivity contribution >= 4 is 17.5 Å². The first kappa shape index (κ1) is 15.4. The molecular formula is C12H14N4O4. The summed E-state index contributed by atoms with van der Waals surface area (Å²) in [6.07, 6.45) is 1.23. The summed E-state index contributed by atoms with van der Waals surface area (Å²) < 4.78 is 0. The van der Waals surface area contributed by atoms with Gasteiger partial charge in [-0.05, 0) is 6.92 Å². The smallest absolute Gasteiger partial charge is 0.312 e. The fourth-order valence-corrected chi connectivity index (χ4v) is 1.66. The standard InChI is InChI=1S/C12H14N4O4/c1-3-15(7-8(2)12(17)18)11-10(16(19)20)4-9(5-13)6-14-11/h4,6,8H,3,7H2,1-2H3,(H,17,18). The molecule has 0 aliphatic carbocycles. The first-order valence-electron chi connectivity index (χ1n) is 5.93. The Labute approximate surface area is 115 Å². The van der Waals surface area contributed by atoms with Gasteiger partial charge in [-0.2, -0.15) is 5.26 Å². The number of hydrogen-bond donors (Lipinski definition) is 1. The van der Waals surface area contributed by atoms with Crippen LogP contribution in [0.3, 0.4) is 0 Å². The number of pyridine rings is 1. The average Bonchev–Trinajstić information content (AvgIpc) is 2.43. The predicted octanol–water partition coefficient (Wildman–Crippen LogP) is 1.41. The minimum absolute atomic E-state index is 0.0737. The Kier molecular flexibility index (Phi) is 4.97. The lowest BCUT2D eigenvalue weighted by molar-refractivity contribution is -0.384. The van der Waals surface area contributed by atoms with E-state index in [1.165, 1.54) is 18.0 Å². The van der Waals surface area contributed by atoms with Crippen LogP contribution in [0.15, 0.2) is 12.3 Å². The second kappa shape index (κ2) is 6.47. The zero-order valence-corrected chi connectivity index (χ0v) is 11.1. The van der Waals surface area contributed by atoms with E-state index in [2.05, 4.69) is 4.98 Å². The fourth-order valence-electron chi connectivity index (χ4n) is 1.66. The van der Waals surface area contributed by atoms with E-state index in [1.807, 2.05) is 0 Å². The highest BCUT2D eigenvalue weighted by molar-refractivity contribution is 5.71. The van der Waals surface area contributed by atoms with E-state index in [4.69, 9.17) is 10.4 Å². The van der Waals surface area contributed by atoms with Crippen molar-refractivity contribution in [2.45, 2.75) is 13.8 Å². The van der Waals surface area contributed by atoms with Crippen LogP contribution in [-0.2, 0) is 4.79 Å². The monoisotopic (exact) mass is 278 g/mol. The molecule has 1 rings (SSSR count). The fraction of sp³-hybridized carbons (Fsp3) is 0.417. The minimum atomic E-state index is -0.986. The van der Waals surface area contributed by atoms with Crippen molar-refractivity contribution < 1.29 is 14.8 Å². The second-order valence-corrected chi connectivity index (χ2v) is 4.21. The van der Waals surface area contributed by atoms with Gasteiger partial charge in [-0.15, -0.1) is 0 Å². The van der Waals surface area contributed by atoms with Crippen molar-refractivity contribution in [3.05, 3.63) is 27.9 Å². The summed E-state index contributed by atoms with van der Waals surface area (Å²) in [6, 6.07) is 2.92. The molecule has 8 heteroatoms. The predicted molar refractivity (Wildman–Crippen MR) is 70.3 cm³/mol. The van der Waals surface area contributed by atoms with E-state index in [1.54, 1.807) is 13.0 Å². The first-order chi connectivity index (χ1) is 9.40. The molecule has 1 atom stereocenters. The summed E-state index contributed by atoms with van der Waals surface area (Å²) in [5, 5.41) is 28.7. The summed E-state index contributed by atoms with van der Waals surface area (Å²) >= 11 is 0. The number of hydrogen-bond acceptors (Lipinski definition) is 6. The van der Waals surface area contributed by atoms with Gasteiger partial charge in [-0.3, -0.25) is 14.9 Å². The van der Waals surface area contributed by atoms with Crippen LogP contribution in [0.2, 0.25) is 0 Å². The molecular weight excluding hydrogens is 264 g/mol. The van der Waals surface area contributed by atoms with Crippen LogP contribution in [0.25, 0.3) is 0 Å². The van der Waals surface area contributed by atoms with Gasteiger partial charge in [0.25, 0.3) is 0 Å². The highest BCUT2D eigenvalue weighted by atomic mass is 16.6. The van der Waals surface area contributed by atoms with Gasteiger partial charge in [0.2, 0.25) is 5.82 Å². The van der Waals surface area contributed by atoms with Gasteiger partial charge in [0, 0.05) is 25.4 Å². The van der Waals surface area contributed by atoms with Crippen molar-refractivity contribution in [3.63, 3.8) is 0 Å². The van der Waals surface area contributed by atoms with Crippen LogP contribution in [0.5, 0.6) is 0 Å². The van der Waals surface area contributed by atoms with Crippen molar-refractivity contribution in [2.75, 3.05) is 18.0 Å². The third-order valence-corrected chi connectivity index (χ3v) is 2.77. The van der Waals surface area contributed by atoms with E-state index < -0.39 is 16.8 Å². The van der Waals surface area contributed by atoms with Gasteiger partial charge in [-0.1, -0.05) is 6.92 Å². The third kappa shape index (κ3) is 3.41. The van der Waals surface area contributed by atoms with Crippen molar-refractivity contribution in [1.82, 2.24) is 4.98 Å². The molecule has 1 unspecified atom stereocenters. The van der Waals surface area contributed by atoms with Gasteiger partial charge in [0.15, 0.2) is 0 Å². The number of aromatic nitrogens is 1. The molecule has 1 aromatic rings. The van der Waals surface area contributed by atoms with E-state index in [0.29, 0.717) is 6.54 Å². The summed E-state index contributed by atoms with van der Waals surface area (Å²) in [7, 11) is 0. The molecule has 1 N–H and O–H groups in total. The maximum Gasteiger partial charge on any atom is 0.312 e. The molecule has 0 aliphatic heterocycles. The number of aliphatic carboxylic acids is 1. The molecule has 0 bridgehead atoms. The van der Waals surface area contributed by atoms with Gasteiger partial charge in [-0.25, -0.2) is 4.98 Å². The van der Waals surface area contributed by atoms with Crippen LogP contribution in [-0.4, -0.2) is 34.1 Å². The lowest BCUT2D eigenvalue weighted by atomic mass is 10.1. The van der Waals surface area contributed by atoms with E-state index in [-0.39, 0.29) is 23.6 Å². The highest BCUT2D eigenvalue weighted by Crippen LogP contribution is 2.26. The Morgan fingerprint density at radius 2 is 2.35 bits per heavy atom. The molecule has 106 valence electrons. The number of carbonyl (C=O) groups is 1. The molecule has 0 spiro atoms. The van der Waals surface area contributed by atoms with Crippen molar-refractivity contribution in [3.8, 4) is 6.07 Å². The number of nitrogens with zero attached hydrogens (tertiary/aromatic N) is 4. The molecule has 0 saturated heterocycles. The lowest BCUT2D eigenvalue weighted by Gasteiger charge is -2.23. The molecule has 0 radical (unpaired) electrons. The second-order valence-electron chi connectivity index (χ2n) is 4.21. The van der Waals surface area contributed by atoms with Gasteiger partial charge < -0.3 is 10.0 Å². The van der Waals surface area contributed by atoms with E-state index >= 15 is 0 Å². The summed E-state index contributed by atoms with van der Waals surface area (Å²) in [6.45, 7) is 3.74. The molecule has 1 heterocycles. The van der Waals surface area contributed by atoms with Crippen LogP contribution in [0.1, 0.15) is 19.4 Å². The molecule has 8 nitrogen and oxygen atoms in total. The van der Waals surface area contributed by atoms with Crippen LogP contribution >= 0.6 is 0 Å². The number of nitro groups is 1. The molecule has 0 aromatic carbocycles. The first-order valence-corrected chi connectivity index (χ1v) is 5.93. The number of rotatable bonds is 6. The Bertz CT molecular complexity index is 567. The zero-order chi connectivity index (χ0) is 15.3. The number of carboxylic acid groups (broad SMARTS) is 1. The topological polar surface area (TPSA) is 120 Å². The minimum Gasteiger partial charge on any atom is -0.481 e. The van der Waals surface area contributed by atoms with Crippen LogP contribution < -0.4 is 4.90 Å². The van der Waals surface area contributed by atoms with Gasteiger partial charge in [0.05, 0.1) is 16.4 Å². The van der Waals surface area contributed by atoms with Crippen molar-refractivity contribution in [1.29, 1.82) is 5.26 Å². The molecule has 0 saturated carbocycles. The van der Waals surface area contributed by atoms with Crippen LogP contribution in [0.4, 0.5) is 11.5 Å². The maximum absolute atomic E-state index is 11.0. The maximum atomic E-state index is 11.0. The molecule has 20 heavy (non-hydrogen) atoms. The summed E-state index contributed by atoms with van der Waals surface area (Å²) in [5.74, 6) is -1.60. The zero-order valence-electron chi connectivity index (χ0n) is 11.1. The molecule has 0 amide bonds. The molecule has 1 aromatic heterocycles. The summed E-state index contributed by atoms with van der Waals surface area (Å²) in [4.78, 5) is 26.7. The summed E-state index contributed by atoms with van der Waals surface area (Å²) in [5.41, 5.74) is -0.216. The Morgan fingerprint density at radius 1 is 1.70 bits per heavy atom. The Morgan fingerprint density at radius 3 is 2.80 bits per heavy atom. The third-order valence-electron chi connectivity index (χ3n) is 2.77. The van der Waals surface area contributed by atoms with Gasteiger partial charge in [0.1, 0.15) is 6.07 Å². The SMILES string of the molecule is CCN(CC(C)C(=O)O)c1ncc(C#N)cc1[N+](=O)[O-]. The Balaban J connectivity index is 3.18. The quantitative estimate of drug-likeness (QED) is 0.616. The highest BCUT2D eigenvalue weighted by Gasteiger charge is 2.24. The Hall–Kier alpha value is -2.69. The van der Waals surface area contributed by atoms with E-state index in [9.17, 15) is 14.9 Å². The van der Waals surface area contributed by atoms with Crippen LogP contribution in [0, 0.1) is 27.4 Å². The largest absolute Gasteiger partial charge is 0.481 e. The molecule has 0 fully saturated rings. The lowest BCUT2D eigenvalue weighted by Crippen LogP contribution is -2.32. The van der Waals surface area contributed by atoms with Crippen molar-refractivity contribution in [2.24, 2.45) is 5.92 Å². The normalized spacial score (nSPS) is 11.4.